The molecule has 3 rings (SSSR count). The van der Waals surface area contributed by atoms with Gasteiger partial charge in [-0.05, 0) is 57.9 Å². The Morgan fingerprint density at radius 1 is 1.30 bits per heavy atom. The molecular weight excluding hydrogens is 462 g/mol. The fourth-order valence-electron chi connectivity index (χ4n) is 3.61. The minimum absolute atomic E-state index is 0.105. The molecule has 1 aliphatic heterocycles. The molecule has 0 bridgehead atoms. The number of amides is 1. The second-order valence-corrected chi connectivity index (χ2v) is 16.7. The minimum atomic E-state index is -1.16. The van der Waals surface area contributed by atoms with Crippen LogP contribution in [0.1, 0.15) is 45.5 Å². The summed E-state index contributed by atoms with van der Waals surface area (Å²) in [4.78, 5) is 19.6. The van der Waals surface area contributed by atoms with Crippen molar-refractivity contribution in [1.29, 1.82) is 0 Å². The largest absolute Gasteiger partial charge is 0.444 e. The van der Waals surface area contributed by atoms with E-state index in [1.54, 1.807) is 0 Å². The third-order valence-electron chi connectivity index (χ3n) is 5.14. The molecule has 1 aliphatic rings. The number of nitrogens with zero attached hydrogens (tertiary/aromatic N) is 3. The molecule has 1 atom stereocenters. The fraction of sp³-hybridized carbons (Fsp3) is 0.636. The molecule has 2 heterocycles. The first-order valence-electron chi connectivity index (χ1n) is 10.7. The molecule has 30 heavy (non-hydrogen) atoms. The molecule has 1 saturated heterocycles. The van der Waals surface area contributed by atoms with E-state index in [9.17, 15) is 4.79 Å². The van der Waals surface area contributed by atoms with E-state index in [-0.39, 0.29) is 12.1 Å². The average Bonchev–Trinajstić information content (AvgIpc) is 3.20. The number of hydrogen-bond acceptors (Lipinski definition) is 4. The minimum Gasteiger partial charge on any atom is -0.444 e. The molecule has 0 aliphatic carbocycles. The van der Waals surface area contributed by atoms with E-state index in [4.69, 9.17) is 14.5 Å². The first kappa shape index (κ1) is 23.3. The molecule has 6 nitrogen and oxygen atoms in total. The van der Waals surface area contributed by atoms with Crippen LogP contribution < -0.4 is 0 Å². The fourth-order valence-corrected chi connectivity index (χ4v) is 4.72. The second kappa shape index (κ2) is 9.00. The van der Waals surface area contributed by atoms with Gasteiger partial charge in [0.15, 0.2) is 0 Å². The summed E-state index contributed by atoms with van der Waals surface area (Å²) < 4.78 is 14.9. The number of benzene rings is 1. The van der Waals surface area contributed by atoms with Gasteiger partial charge in [0.25, 0.3) is 0 Å². The van der Waals surface area contributed by atoms with Crippen molar-refractivity contribution in [2.75, 3.05) is 13.2 Å². The normalized spacial score (nSPS) is 17.7. The number of fused-ring (bicyclic) bond motifs is 1. The van der Waals surface area contributed by atoms with Crippen LogP contribution in [0, 0.1) is 0 Å². The number of halogens is 1. The Kier molecular flexibility index (Phi) is 6.99. The van der Waals surface area contributed by atoms with Gasteiger partial charge in [0.2, 0.25) is 0 Å². The maximum atomic E-state index is 12.8. The lowest BCUT2D eigenvalue weighted by molar-refractivity contribution is 0.0205. The van der Waals surface area contributed by atoms with Crippen LogP contribution in [0.5, 0.6) is 0 Å². The van der Waals surface area contributed by atoms with Gasteiger partial charge in [-0.2, -0.15) is 0 Å². The highest BCUT2D eigenvalue weighted by Crippen LogP contribution is 2.35. The third kappa shape index (κ3) is 5.86. The van der Waals surface area contributed by atoms with Crippen molar-refractivity contribution in [2.24, 2.45) is 0 Å². The van der Waals surface area contributed by atoms with E-state index in [1.807, 2.05) is 37.8 Å². The Labute approximate surface area is 189 Å². The predicted octanol–water partition coefficient (Wildman–Crippen LogP) is 6.18. The summed E-state index contributed by atoms with van der Waals surface area (Å²) in [6, 6.07) is 7.09. The molecule has 1 fully saturated rings. The predicted molar refractivity (Wildman–Crippen MR) is 126 cm³/mol. The molecule has 0 unspecified atom stereocenters. The molecule has 0 saturated carbocycles. The van der Waals surface area contributed by atoms with E-state index >= 15 is 0 Å². The first-order valence-corrected chi connectivity index (χ1v) is 15.2. The smallest absolute Gasteiger partial charge is 0.410 e. The lowest BCUT2D eigenvalue weighted by Gasteiger charge is -2.28. The molecule has 2 aromatic rings. The summed E-state index contributed by atoms with van der Waals surface area (Å²) in [6.07, 6.45) is 1.54. The lowest BCUT2D eigenvalue weighted by atomic mass is 10.2. The zero-order valence-electron chi connectivity index (χ0n) is 19.0. The average molecular weight is 497 g/mol. The number of hydrogen-bond donors (Lipinski definition) is 0. The monoisotopic (exact) mass is 495 g/mol. The SMILES string of the molecule is CC(C)(C)OC(=O)N1CCC[C@H]1c1nc2ccc(Br)cc2n1COCC[Si](C)(C)C. The lowest BCUT2D eigenvalue weighted by Crippen LogP contribution is -2.37. The van der Waals surface area contributed by atoms with Gasteiger partial charge in [-0.3, -0.25) is 4.90 Å². The van der Waals surface area contributed by atoms with Crippen LogP contribution >= 0.6 is 15.9 Å². The van der Waals surface area contributed by atoms with Crippen LogP contribution in [0.4, 0.5) is 4.79 Å². The Balaban J connectivity index is 1.89. The summed E-state index contributed by atoms with van der Waals surface area (Å²) >= 11 is 3.57. The Morgan fingerprint density at radius 3 is 2.70 bits per heavy atom. The first-order chi connectivity index (χ1) is 13.9. The van der Waals surface area contributed by atoms with Gasteiger partial charge in [-0.25, -0.2) is 9.78 Å². The van der Waals surface area contributed by atoms with Gasteiger partial charge in [0.1, 0.15) is 18.2 Å². The number of likely N-dealkylation sites (tertiary alicyclic amines) is 1. The van der Waals surface area contributed by atoms with Gasteiger partial charge in [-0.1, -0.05) is 35.6 Å². The zero-order valence-corrected chi connectivity index (χ0v) is 21.6. The van der Waals surface area contributed by atoms with Gasteiger partial charge >= 0.3 is 6.09 Å². The van der Waals surface area contributed by atoms with Gasteiger partial charge < -0.3 is 14.0 Å². The molecule has 166 valence electrons. The number of imidazole rings is 1. The van der Waals surface area contributed by atoms with Crippen LogP contribution in [0.2, 0.25) is 25.7 Å². The number of carbonyl (C=O) groups excluding carboxylic acids is 1. The van der Waals surface area contributed by atoms with Crippen LogP contribution in [0.3, 0.4) is 0 Å². The number of carbonyl (C=O) groups is 1. The number of rotatable bonds is 6. The van der Waals surface area contributed by atoms with Crippen LogP contribution in [0.15, 0.2) is 22.7 Å². The standard InChI is InChI=1S/C22H34BrN3O3Si/c1-22(2,3)29-21(27)25-11-7-8-18(25)20-24-17-10-9-16(23)14-19(17)26(20)15-28-12-13-30(4,5)6/h9-10,14,18H,7-8,11-13,15H2,1-6H3/t18-/m0/s1. The summed E-state index contributed by atoms with van der Waals surface area (Å²) in [5.41, 5.74) is 1.41. The molecule has 0 spiro atoms. The van der Waals surface area contributed by atoms with E-state index in [0.29, 0.717) is 13.3 Å². The molecule has 0 N–H and O–H groups in total. The van der Waals surface area contributed by atoms with Gasteiger partial charge in [-0.15, -0.1) is 0 Å². The zero-order chi connectivity index (χ0) is 22.1. The van der Waals surface area contributed by atoms with Crippen molar-refractivity contribution in [3.63, 3.8) is 0 Å². The highest BCUT2D eigenvalue weighted by molar-refractivity contribution is 9.10. The Hall–Kier alpha value is -1.38. The third-order valence-corrected chi connectivity index (χ3v) is 7.33. The molecule has 0 radical (unpaired) electrons. The second-order valence-electron chi connectivity index (χ2n) is 10.2. The maximum absolute atomic E-state index is 12.8. The van der Waals surface area contributed by atoms with Crippen molar-refractivity contribution >= 4 is 41.1 Å². The van der Waals surface area contributed by atoms with E-state index in [2.05, 4.69) is 46.2 Å². The van der Waals surface area contributed by atoms with Crippen LogP contribution in [-0.4, -0.2) is 47.4 Å². The van der Waals surface area contributed by atoms with E-state index in [0.717, 1.165) is 46.8 Å². The summed E-state index contributed by atoms with van der Waals surface area (Å²) in [7, 11) is -1.16. The molecule has 1 aromatic heterocycles. The molecule has 1 amide bonds. The van der Waals surface area contributed by atoms with Crippen molar-refractivity contribution < 1.29 is 14.3 Å². The van der Waals surface area contributed by atoms with E-state index < -0.39 is 13.7 Å². The molecule has 1 aromatic carbocycles. The highest BCUT2D eigenvalue weighted by atomic mass is 79.9. The van der Waals surface area contributed by atoms with Crippen LogP contribution in [0.25, 0.3) is 11.0 Å². The molecular formula is C22H34BrN3O3Si. The maximum Gasteiger partial charge on any atom is 0.410 e. The van der Waals surface area contributed by atoms with Crippen molar-refractivity contribution in [2.45, 2.75) is 77.7 Å². The highest BCUT2D eigenvalue weighted by Gasteiger charge is 2.36. The molecule has 8 heteroatoms. The van der Waals surface area contributed by atoms with Gasteiger partial charge in [0.05, 0.1) is 17.1 Å². The van der Waals surface area contributed by atoms with E-state index in [1.165, 1.54) is 0 Å². The van der Waals surface area contributed by atoms with Crippen LogP contribution in [-0.2, 0) is 16.2 Å². The van der Waals surface area contributed by atoms with Crippen molar-refractivity contribution in [3.8, 4) is 0 Å². The van der Waals surface area contributed by atoms with Gasteiger partial charge in [0, 0.05) is 25.7 Å². The summed E-state index contributed by atoms with van der Waals surface area (Å²) in [5, 5.41) is 0. The number of ether oxygens (including phenoxy) is 2. The Bertz CT molecular complexity index is 901. The van der Waals surface area contributed by atoms with Crippen molar-refractivity contribution in [1.82, 2.24) is 14.5 Å². The summed E-state index contributed by atoms with van der Waals surface area (Å²) in [5.74, 6) is 0.875. The van der Waals surface area contributed by atoms with Crippen molar-refractivity contribution in [3.05, 3.63) is 28.5 Å². The number of aromatic nitrogens is 2. The topological polar surface area (TPSA) is 56.6 Å². The quantitative estimate of drug-likeness (QED) is 0.354. The Morgan fingerprint density at radius 2 is 2.03 bits per heavy atom. The summed E-state index contributed by atoms with van der Waals surface area (Å²) in [6.45, 7) is 14.6.